The van der Waals surface area contributed by atoms with E-state index < -0.39 is 5.54 Å². The highest BCUT2D eigenvalue weighted by atomic mass is 35.5. The van der Waals surface area contributed by atoms with Crippen molar-refractivity contribution in [3.8, 4) is 0 Å². The molecule has 1 atom stereocenters. The Labute approximate surface area is 165 Å². The Morgan fingerprint density at radius 2 is 1.81 bits per heavy atom. The highest BCUT2D eigenvalue weighted by molar-refractivity contribution is 6.08. The first-order valence-electron chi connectivity index (χ1n) is 9.13. The van der Waals surface area contributed by atoms with E-state index in [1.165, 1.54) is 4.90 Å². The number of nitrogens with zero attached hydrogens (tertiary/aromatic N) is 2. The fraction of sp³-hybridized carbons (Fsp3) is 0.526. The van der Waals surface area contributed by atoms with Gasteiger partial charge in [-0.15, -0.1) is 12.4 Å². The molecule has 8 heteroatoms. The predicted octanol–water partition coefficient (Wildman–Crippen LogP) is 1.82. The van der Waals surface area contributed by atoms with E-state index in [-0.39, 0.29) is 49.4 Å². The van der Waals surface area contributed by atoms with Crippen molar-refractivity contribution < 1.29 is 14.4 Å². The molecule has 1 aliphatic carbocycles. The number of imide groups is 1. The van der Waals surface area contributed by atoms with Gasteiger partial charge < -0.3 is 16.0 Å². The van der Waals surface area contributed by atoms with E-state index in [0.717, 1.165) is 29.7 Å². The van der Waals surface area contributed by atoms with Crippen molar-refractivity contribution in [2.24, 2.45) is 5.73 Å². The predicted molar refractivity (Wildman–Crippen MR) is 104 cm³/mol. The van der Waals surface area contributed by atoms with Crippen molar-refractivity contribution in [2.45, 2.75) is 43.7 Å². The molecule has 1 spiro atoms. The molecule has 0 radical (unpaired) electrons. The Bertz CT molecular complexity index is 691. The topological polar surface area (TPSA) is 95.7 Å². The molecular weight excluding hydrogens is 368 g/mol. The first-order chi connectivity index (χ1) is 12.5. The number of rotatable bonds is 5. The summed E-state index contributed by atoms with van der Waals surface area (Å²) in [5.74, 6) is -0.619. The number of likely N-dealkylation sites (N-methyl/N-ethyl adjacent to an activating group) is 1. The quantitative estimate of drug-likeness (QED) is 0.744. The normalized spacial score (nSPS) is 19.8. The fourth-order valence-electron chi connectivity index (χ4n) is 3.91. The van der Waals surface area contributed by atoms with E-state index in [2.05, 4.69) is 5.32 Å². The summed E-state index contributed by atoms with van der Waals surface area (Å²) in [6.45, 7) is -0.00861. The van der Waals surface area contributed by atoms with Gasteiger partial charge in [0.15, 0.2) is 0 Å². The molecule has 1 heterocycles. The third kappa shape index (κ3) is 4.09. The van der Waals surface area contributed by atoms with Crippen LogP contribution in [0.3, 0.4) is 0 Å². The van der Waals surface area contributed by atoms with Crippen molar-refractivity contribution in [1.82, 2.24) is 15.1 Å². The van der Waals surface area contributed by atoms with E-state index >= 15 is 0 Å². The lowest BCUT2D eigenvalue weighted by molar-refractivity contribution is -0.137. The smallest absolute Gasteiger partial charge is 0.327 e. The maximum Gasteiger partial charge on any atom is 0.327 e. The third-order valence-corrected chi connectivity index (χ3v) is 5.53. The number of urea groups is 1. The van der Waals surface area contributed by atoms with Crippen molar-refractivity contribution in [3.63, 3.8) is 0 Å². The molecular formula is C19H27ClN4O3. The van der Waals surface area contributed by atoms with Crippen LogP contribution in [-0.4, -0.2) is 53.3 Å². The minimum Gasteiger partial charge on any atom is -0.353 e. The average Bonchev–Trinajstić information content (AvgIpc) is 2.84. The molecule has 27 heavy (non-hydrogen) atoms. The maximum absolute atomic E-state index is 12.9. The summed E-state index contributed by atoms with van der Waals surface area (Å²) in [4.78, 5) is 40.2. The second kappa shape index (κ2) is 8.71. The van der Waals surface area contributed by atoms with Crippen molar-refractivity contribution in [1.29, 1.82) is 0 Å². The molecule has 1 aromatic rings. The number of halogens is 1. The number of amides is 4. The molecule has 2 aliphatic rings. The van der Waals surface area contributed by atoms with Gasteiger partial charge in [-0.2, -0.15) is 0 Å². The van der Waals surface area contributed by atoms with Crippen molar-refractivity contribution in [2.75, 3.05) is 20.1 Å². The summed E-state index contributed by atoms with van der Waals surface area (Å²) in [6.07, 6.45) is 4.27. The standard InChI is InChI=1S/C19H26N4O3.ClH/c1-22-18(26)23(17(25)19(22)10-6-3-7-11-19)13-16(24)21-12-15(20)14-8-4-2-5-9-14;/h2,4-5,8-9,15H,3,6-7,10-13,20H2,1H3,(H,21,24);1H. The van der Waals surface area contributed by atoms with Crippen molar-refractivity contribution in [3.05, 3.63) is 35.9 Å². The van der Waals surface area contributed by atoms with E-state index in [4.69, 9.17) is 5.73 Å². The Balaban J connectivity index is 0.00000261. The highest BCUT2D eigenvalue weighted by Gasteiger charge is 2.55. The summed E-state index contributed by atoms with van der Waals surface area (Å²) in [6, 6.07) is 8.74. The lowest BCUT2D eigenvalue weighted by Gasteiger charge is -2.35. The van der Waals surface area contributed by atoms with Crippen LogP contribution in [0.5, 0.6) is 0 Å². The zero-order valence-corrected chi connectivity index (χ0v) is 16.3. The van der Waals surface area contributed by atoms with Crippen molar-refractivity contribution >= 4 is 30.3 Å². The Hall–Kier alpha value is -2.12. The Morgan fingerprint density at radius 3 is 2.44 bits per heavy atom. The van der Waals surface area contributed by atoms with Gasteiger partial charge in [-0.3, -0.25) is 14.5 Å². The molecule has 1 saturated carbocycles. The van der Waals surface area contributed by atoms with Crippen LogP contribution in [0, 0.1) is 0 Å². The van der Waals surface area contributed by atoms with Crippen LogP contribution in [0.2, 0.25) is 0 Å². The second-order valence-electron chi connectivity index (χ2n) is 7.15. The van der Waals surface area contributed by atoms with Crippen LogP contribution in [0.1, 0.15) is 43.7 Å². The number of nitrogens with two attached hydrogens (primary N) is 1. The molecule has 7 nitrogen and oxygen atoms in total. The first kappa shape index (κ1) is 21.2. The summed E-state index contributed by atoms with van der Waals surface area (Å²) >= 11 is 0. The van der Waals surface area contributed by atoms with Gasteiger partial charge in [0.05, 0.1) is 0 Å². The van der Waals surface area contributed by atoms with Crippen LogP contribution < -0.4 is 11.1 Å². The summed E-state index contributed by atoms with van der Waals surface area (Å²) < 4.78 is 0. The molecule has 1 aliphatic heterocycles. The van der Waals surface area contributed by atoms with Crippen LogP contribution in [0.4, 0.5) is 4.79 Å². The van der Waals surface area contributed by atoms with Gasteiger partial charge in [0.25, 0.3) is 5.91 Å². The lowest BCUT2D eigenvalue weighted by atomic mass is 9.81. The van der Waals surface area contributed by atoms with E-state index in [9.17, 15) is 14.4 Å². The molecule has 3 rings (SSSR count). The number of hydrogen-bond donors (Lipinski definition) is 2. The fourth-order valence-corrected chi connectivity index (χ4v) is 3.91. The first-order valence-corrected chi connectivity index (χ1v) is 9.13. The van der Waals surface area contributed by atoms with Gasteiger partial charge >= 0.3 is 6.03 Å². The van der Waals surface area contributed by atoms with Gasteiger partial charge in [0.1, 0.15) is 12.1 Å². The van der Waals surface area contributed by atoms with Crippen LogP contribution in [-0.2, 0) is 9.59 Å². The van der Waals surface area contributed by atoms with Crippen LogP contribution in [0.15, 0.2) is 30.3 Å². The zero-order chi connectivity index (χ0) is 18.7. The summed E-state index contributed by atoms with van der Waals surface area (Å²) in [7, 11) is 1.66. The number of nitrogens with one attached hydrogen (secondary N) is 1. The molecule has 2 fully saturated rings. The molecule has 148 valence electrons. The third-order valence-electron chi connectivity index (χ3n) is 5.53. The van der Waals surface area contributed by atoms with E-state index in [1.54, 1.807) is 7.05 Å². The summed E-state index contributed by atoms with van der Waals surface area (Å²) in [5.41, 5.74) is 6.23. The SMILES string of the molecule is CN1C(=O)N(CC(=O)NCC(N)c2ccccc2)C(=O)C12CCCCC2.Cl. The molecule has 1 saturated heterocycles. The molecule has 1 aromatic carbocycles. The van der Waals surface area contributed by atoms with Gasteiger partial charge in [0, 0.05) is 19.6 Å². The maximum atomic E-state index is 12.9. The monoisotopic (exact) mass is 394 g/mol. The van der Waals surface area contributed by atoms with Gasteiger partial charge in [-0.05, 0) is 18.4 Å². The summed E-state index contributed by atoms with van der Waals surface area (Å²) in [5, 5.41) is 2.73. The largest absolute Gasteiger partial charge is 0.353 e. The Kier molecular flexibility index (Phi) is 6.84. The average molecular weight is 395 g/mol. The molecule has 1 unspecified atom stereocenters. The van der Waals surface area contributed by atoms with E-state index in [1.807, 2.05) is 30.3 Å². The number of benzene rings is 1. The van der Waals surface area contributed by atoms with Crippen LogP contribution in [0.25, 0.3) is 0 Å². The van der Waals surface area contributed by atoms with Crippen LogP contribution >= 0.6 is 12.4 Å². The van der Waals surface area contributed by atoms with E-state index in [0.29, 0.717) is 12.8 Å². The van der Waals surface area contributed by atoms with Gasteiger partial charge in [-0.1, -0.05) is 49.6 Å². The molecule has 0 bridgehead atoms. The second-order valence-corrected chi connectivity index (χ2v) is 7.15. The minimum atomic E-state index is -0.754. The van der Waals surface area contributed by atoms with Gasteiger partial charge in [-0.25, -0.2) is 4.79 Å². The number of carbonyl (C=O) groups excluding carboxylic acids is 3. The number of carbonyl (C=O) groups is 3. The lowest BCUT2D eigenvalue weighted by Crippen LogP contribution is -2.49. The van der Waals surface area contributed by atoms with Gasteiger partial charge in [0.2, 0.25) is 5.91 Å². The molecule has 0 aromatic heterocycles. The highest BCUT2D eigenvalue weighted by Crippen LogP contribution is 2.39. The number of hydrogen-bond acceptors (Lipinski definition) is 4. The molecule has 3 N–H and O–H groups in total. The zero-order valence-electron chi connectivity index (χ0n) is 15.5. The Morgan fingerprint density at radius 1 is 1.19 bits per heavy atom. The minimum absolute atomic E-state index is 0. The molecule has 4 amide bonds.